The predicted molar refractivity (Wildman–Crippen MR) is 59.6 cm³/mol. The average Bonchev–Trinajstić information content (AvgIpc) is 2.44. The second-order valence-electron chi connectivity index (χ2n) is 2.85. The van der Waals surface area contributed by atoms with E-state index < -0.39 is 9.98 Å². The van der Waals surface area contributed by atoms with Crippen LogP contribution in [0, 0.1) is 5.82 Å². The van der Waals surface area contributed by atoms with E-state index in [1.54, 1.807) is 0 Å². The van der Waals surface area contributed by atoms with Gasteiger partial charge in [0.2, 0.25) is 0 Å². The Hall–Kier alpha value is -0.880. The Bertz CT molecular complexity index is 423. The predicted octanol–water partition coefficient (Wildman–Crippen LogP) is 2.75. The van der Waals surface area contributed by atoms with Crippen molar-refractivity contribution in [3.05, 3.63) is 30.1 Å². The first-order valence-electron chi connectivity index (χ1n) is 4.04. The Balaban J connectivity index is 2.35. The van der Waals surface area contributed by atoms with Crippen LogP contribution in [-0.4, -0.2) is 15.3 Å². The van der Waals surface area contributed by atoms with Crippen molar-refractivity contribution in [3.63, 3.8) is 0 Å². The van der Waals surface area contributed by atoms with Gasteiger partial charge in [0, 0.05) is 0 Å². The molecular formula is C9H5BrFNO2S. The maximum absolute atomic E-state index is 12.6. The maximum Gasteiger partial charge on any atom is 0.294 e. The van der Waals surface area contributed by atoms with E-state index in [2.05, 4.69) is 15.9 Å². The van der Waals surface area contributed by atoms with Gasteiger partial charge in [0.25, 0.3) is 11.1 Å². The van der Waals surface area contributed by atoms with Crippen molar-refractivity contribution >= 4 is 44.5 Å². The van der Waals surface area contributed by atoms with Gasteiger partial charge in [-0.2, -0.15) is 0 Å². The van der Waals surface area contributed by atoms with Crippen LogP contribution < -0.4 is 4.90 Å². The molecule has 0 saturated carbocycles. The standard InChI is InChI=1S/C9H5BrFNO2S/c10-7-8(13)12(9(14)15-7)6-3-1-5(11)2-4-6/h1-4,7H/t7-/m1/s1. The van der Waals surface area contributed by atoms with Crippen LogP contribution in [-0.2, 0) is 4.79 Å². The van der Waals surface area contributed by atoms with E-state index in [4.69, 9.17) is 0 Å². The number of amides is 2. The molecule has 0 radical (unpaired) electrons. The van der Waals surface area contributed by atoms with Crippen LogP contribution in [0.4, 0.5) is 14.9 Å². The van der Waals surface area contributed by atoms with Crippen LogP contribution in [0.1, 0.15) is 0 Å². The zero-order valence-corrected chi connectivity index (χ0v) is 9.72. The number of carbonyl (C=O) groups is 2. The lowest BCUT2D eigenvalue weighted by molar-refractivity contribution is -0.115. The summed E-state index contributed by atoms with van der Waals surface area (Å²) in [6.07, 6.45) is 0. The van der Waals surface area contributed by atoms with Crippen LogP contribution in [0.3, 0.4) is 0 Å². The molecule has 1 atom stereocenters. The van der Waals surface area contributed by atoms with E-state index >= 15 is 0 Å². The highest BCUT2D eigenvalue weighted by atomic mass is 79.9. The van der Waals surface area contributed by atoms with Gasteiger partial charge < -0.3 is 0 Å². The van der Waals surface area contributed by atoms with Crippen molar-refractivity contribution < 1.29 is 14.0 Å². The fourth-order valence-electron chi connectivity index (χ4n) is 1.21. The summed E-state index contributed by atoms with van der Waals surface area (Å²) < 4.78 is 12.1. The molecule has 0 unspecified atom stereocenters. The molecule has 1 aromatic rings. The molecule has 1 heterocycles. The van der Waals surface area contributed by atoms with E-state index in [9.17, 15) is 14.0 Å². The molecule has 15 heavy (non-hydrogen) atoms. The Morgan fingerprint density at radius 3 is 2.33 bits per heavy atom. The third-order valence-corrected chi connectivity index (χ3v) is 3.63. The van der Waals surface area contributed by atoms with Gasteiger partial charge >= 0.3 is 0 Å². The van der Waals surface area contributed by atoms with Crippen LogP contribution >= 0.6 is 27.7 Å². The lowest BCUT2D eigenvalue weighted by atomic mass is 10.3. The number of rotatable bonds is 1. The molecule has 1 fully saturated rings. The quantitative estimate of drug-likeness (QED) is 0.746. The number of thioether (sulfide) groups is 1. The summed E-state index contributed by atoms with van der Waals surface area (Å²) >= 11 is 3.97. The molecule has 0 spiro atoms. The van der Waals surface area contributed by atoms with Crippen molar-refractivity contribution in [1.82, 2.24) is 0 Å². The third kappa shape index (κ3) is 1.91. The van der Waals surface area contributed by atoms with Gasteiger partial charge in [-0.3, -0.25) is 9.59 Å². The Kier molecular flexibility index (Phi) is 2.79. The molecule has 0 bridgehead atoms. The van der Waals surface area contributed by atoms with Gasteiger partial charge in [0.15, 0.2) is 0 Å². The van der Waals surface area contributed by atoms with Crippen molar-refractivity contribution in [3.8, 4) is 0 Å². The number of alkyl halides is 1. The molecular weight excluding hydrogens is 285 g/mol. The van der Waals surface area contributed by atoms with Crippen molar-refractivity contribution in [2.24, 2.45) is 0 Å². The number of hydrogen-bond acceptors (Lipinski definition) is 3. The highest BCUT2D eigenvalue weighted by Crippen LogP contribution is 2.34. The van der Waals surface area contributed by atoms with Crippen LogP contribution in [0.25, 0.3) is 0 Å². The first-order chi connectivity index (χ1) is 7.09. The monoisotopic (exact) mass is 289 g/mol. The highest BCUT2D eigenvalue weighted by molar-refractivity contribution is 9.12. The van der Waals surface area contributed by atoms with Gasteiger partial charge in [0.05, 0.1) is 5.69 Å². The van der Waals surface area contributed by atoms with Crippen molar-refractivity contribution in [2.75, 3.05) is 4.90 Å². The maximum atomic E-state index is 12.6. The number of halogens is 2. The summed E-state index contributed by atoms with van der Waals surface area (Å²) in [5, 5.41) is -0.353. The fraction of sp³-hybridized carbons (Fsp3) is 0.111. The third-order valence-electron chi connectivity index (χ3n) is 1.89. The zero-order valence-electron chi connectivity index (χ0n) is 7.31. The molecule has 78 valence electrons. The smallest absolute Gasteiger partial charge is 0.272 e. The minimum atomic E-state index is -0.546. The van der Waals surface area contributed by atoms with Crippen molar-refractivity contribution in [2.45, 2.75) is 4.16 Å². The number of benzene rings is 1. The van der Waals surface area contributed by atoms with Gasteiger partial charge in [0.1, 0.15) is 9.98 Å². The SMILES string of the molecule is O=C1S[C@@H](Br)C(=O)N1c1ccc(F)cc1. The molecule has 2 rings (SSSR count). The molecule has 0 aliphatic carbocycles. The highest BCUT2D eigenvalue weighted by Gasteiger charge is 2.38. The number of carbonyl (C=O) groups excluding carboxylic acids is 2. The Morgan fingerprint density at radius 2 is 1.87 bits per heavy atom. The van der Waals surface area contributed by atoms with Gasteiger partial charge in [-0.15, -0.1) is 0 Å². The van der Waals surface area contributed by atoms with E-state index in [0.717, 1.165) is 16.7 Å². The van der Waals surface area contributed by atoms with Crippen molar-refractivity contribution in [1.29, 1.82) is 0 Å². The number of nitrogens with zero attached hydrogens (tertiary/aromatic N) is 1. The normalized spacial score (nSPS) is 21.2. The summed E-state index contributed by atoms with van der Waals surface area (Å²) in [7, 11) is 0. The minimum absolute atomic E-state index is 0.336. The number of imide groups is 1. The molecule has 6 heteroatoms. The lowest BCUT2D eigenvalue weighted by Crippen LogP contribution is -2.29. The molecule has 1 aromatic carbocycles. The molecule has 3 nitrogen and oxygen atoms in total. The molecule has 0 N–H and O–H groups in total. The minimum Gasteiger partial charge on any atom is -0.272 e. The van der Waals surface area contributed by atoms with Gasteiger partial charge in [-0.1, -0.05) is 15.9 Å². The van der Waals surface area contributed by atoms with E-state index in [-0.39, 0.29) is 11.1 Å². The molecule has 1 saturated heterocycles. The van der Waals surface area contributed by atoms with E-state index in [1.807, 2.05) is 0 Å². The average molecular weight is 290 g/mol. The fourth-order valence-corrected chi connectivity index (χ4v) is 2.57. The summed E-state index contributed by atoms with van der Waals surface area (Å²) in [4.78, 5) is 24.0. The first-order valence-corrected chi connectivity index (χ1v) is 5.83. The molecule has 1 aliphatic rings. The lowest BCUT2D eigenvalue weighted by Gasteiger charge is -2.12. The summed E-state index contributed by atoms with van der Waals surface area (Å²) in [5.74, 6) is -0.738. The van der Waals surface area contributed by atoms with Crippen LogP contribution in [0.15, 0.2) is 24.3 Å². The molecule has 0 aromatic heterocycles. The Morgan fingerprint density at radius 1 is 1.27 bits per heavy atom. The molecule has 2 amide bonds. The number of anilines is 1. The largest absolute Gasteiger partial charge is 0.294 e. The summed E-state index contributed by atoms with van der Waals surface area (Å²) in [5.41, 5.74) is 0.390. The summed E-state index contributed by atoms with van der Waals surface area (Å²) in [6.45, 7) is 0. The second kappa shape index (κ2) is 3.94. The van der Waals surface area contributed by atoms with E-state index in [0.29, 0.717) is 5.69 Å². The summed E-state index contributed by atoms with van der Waals surface area (Å²) in [6, 6.07) is 5.22. The van der Waals surface area contributed by atoms with Crippen LogP contribution in [0.5, 0.6) is 0 Å². The number of hydrogen-bond donors (Lipinski definition) is 0. The topological polar surface area (TPSA) is 37.4 Å². The van der Waals surface area contributed by atoms with Crippen LogP contribution in [0.2, 0.25) is 0 Å². The van der Waals surface area contributed by atoms with Gasteiger partial charge in [-0.25, -0.2) is 9.29 Å². The van der Waals surface area contributed by atoms with E-state index in [1.165, 1.54) is 24.3 Å². The van der Waals surface area contributed by atoms with Gasteiger partial charge in [-0.05, 0) is 36.0 Å². The zero-order chi connectivity index (χ0) is 11.0. The Labute approximate surface area is 97.8 Å². The molecule has 1 aliphatic heterocycles. The second-order valence-corrected chi connectivity index (χ2v) is 5.43. The first kappa shape index (κ1) is 10.6.